The van der Waals surface area contributed by atoms with Gasteiger partial charge in [0.25, 0.3) is 15.8 Å². The molecule has 2 aromatic rings. The van der Waals surface area contributed by atoms with Gasteiger partial charge in [-0.15, -0.1) is 0 Å². The van der Waals surface area contributed by atoms with E-state index < -0.39 is 40.6 Å². The summed E-state index contributed by atoms with van der Waals surface area (Å²) in [7, 11) is -10.5. The van der Waals surface area contributed by atoms with E-state index in [1.807, 2.05) is 0 Å². The summed E-state index contributed by atoms with van der Waals surface area (Å²) in [5.41, 5.74) is -0.896. The summed E-state index contributed by atoms with van der Waals surface area (Å²) in [6.45, 7) is 0. The Labute approximate surface area is 142 Å². The van der Waals surface area contributed by atoms with Gasteiger partial charge in [-0.25, -0.2) is 0 Å². The molecule has 0 aliphatic rings. The molecular formula is C14H11NO8S2. The van der Waals surface area contributed by atoms with E-state index in [4.69, 9.17) is 0 Å². The quantitative estimate of drug-likeness (QED) is 0.344. The first-order valence-electron chi connectivity index (χ1n) is 6.51. The number of benzene rings is 2. The second-order valence-corrected chi connectivity index (χ2v) is 7.50. The maximum absolute atomic E-state index is 11.6. The summed E-state index contributed by atoms with van der Waals surface area (Å²) in [6, 6.07) is 10.1. The molecular weight excluding hydrogens is 374 g/mol. The Morgan fingerprint density at radius 1 is 0.840 bits per heavy atom. The molecule has 0 aliphatic heterocycles. The number of nitro groups is 1. The number of rotatable bonds is 5. The van der Waals surface area contributed by atoms with Gasteiger partial charge in [-0.3, -0.25) is 19.2 Å². The van der Waals surface area contributed by atoms with Crippen molar-refractivity contribution < 1.29 is 30.9 Å². The predicted octanol–water partition coefficient (Wildman–Crippen LogP) is 2.26. The van der Waals surface area contributed by atoms with Crippen molar-refractivity contribution in [1.29, 1.82) is 0 Å². The van der Waals surface area contributed by atoms with Crippen molar-refractivity contribution in [2.75, 3.05) is 0 Å². The average molecular weight is 385 g/mol. The van der Waals surface area contributed by atoms with E-state index >= 15 is 0 Å². The third kappa shape index (κ3) is 4.28. The van der Waals surface area contributed by atoms with Crippen molar-refractivity contribution in [2.45, 2.75) is 9.79 Å². The highest BCUT2D eigenvalue weighted by atomic mass is 32.2. The zero-order chi connectivity index (χ0) is 18.8. The fourth-order valence-corrected chi connectivity index (χ4v) is 4.27. The maximum Gasteiger partial charge on any atom is 0.302 e. The Kier molecular flexibility index (Phi) is 5.04. The van der Waals surface area contributed by atoms with Crippen LogP contribution in [0.3, 0.4) is 0 Å². The molecule has 2 aromatic carbocycles. The minimum atomic E-state index is -5.31. The summed E-state index contributed by atoms with van der Waals surface area (Å²) in [4.78, 5) is 7.04. The van der Waals surface area contributed by atoms with E-state index in [9.17, 15) is 36.1 Å². The van der Waals surface area contributed by atoms with E-state index in [2.05, 4.69) is 0 Å². The lowest BCUT2D eigenvalue weighted by molar-refractivity contribution is -0.388. The predicted molar refractivity (Wildman–Crippen MR) is 88.1 cm³/mol. The number of hydrogen-bond acceptors (Lipinski definition) is 6. The van der Waals surface area contributed by atoms with Gasteiger partial charge in [0.1, 0.15) is 4.90 Å². The molecule has 0 spiro atoms. The topological polar surface area (TPSA) is 152 Å². The minimum absolute atomic E-state index is 0.343. The first kappa shape index (κ1) is 18.7. The summed E-state index contributed by atoms with van der Waals surface area (Å²) < 4.78 is 64.9. The molecule has 0 saturated heterocycles. The monoisotopic (exact) mass is 385 g/mol. The van der Waals surface area contributed by atoms with Gasteiger partial charge in [-0.05, 0) is 17.2 Å². The first-order chi connectivity index (χ1) is 11.5. The molecule has 2 N–H and O–H groups in total. The van der Waals surface area contributed by atoms with Crippen LogP contribution in [0, 0.1) is 10.1 Å². The lowest BCUT2D eigenvalue weighted by atomic mass is 10.1. The van der Waals surface area contributed by atoms with Crippen molar-refractivity contribution in [3.05, 3.63) is 63.7 Å². The zero-order valence-electron chi connectivity index (χ0n) is 12.3. The van der Waals surface area contributed by atoms with Crippen molar-refractivity contribution >= 4 is 38.1 Å². The van der Waals surface area contributed by atoms with E-state index in [1.165, 1.54) is 6.08 Å². The minimum Gasteiger partial charge on any atom is -0.282 e. The molecule has 0 fully saturated rings. The average Bonchev–Trinajstić information content (AvgIpc) is 2.51. The normalized spacial score (nSPS) is 12.4. The van der Waals surface area contributed by atoms with Gasteiger partial charge < -0.3 is 0 Å². The second-order valence-electron chi connectivity index (χ2n) is 4.78. The first-order valence-corrected chi connectivity index (χ1v) is 9.39. The summed E-state index contributed by atoms with van der Waals surface area (Å²) in [5, 5.41) is 11.0. The Morgan fingerprint density at radius 3 is 1.88 bits per heavy atom. The summed E-state index contributed by atoms with van der Waals surface area (Å²) in [6.07, 6.45) is 2.56. The number of nitrogens with zero attached hydrogens (tertiary/aromatic N) is 1. The van der Waals surface area contributed by atoms with Crippen LogP contribution < -0.4 is 0 Å². The molecule has 132 valence electrons. The number of nitro benzene ring substituents is 1. The highest BCUT2D eigenvalue weighted by Crippen LogP contribution is 2.34. The third-order valence-electron chi connectivity index (χ3n) is 3.09. The second kappa shape index (κ2) is 6.72. The van der Waals surface area contributed by atoms with Crippen LogP contribution in [0.25, 0.3) is 12.2 Å². The Balaban J connectivity index is 2.83. The van der Waals surface area contributed by atoms with Gasteiger partial charge in [0.15, 0.2) is 4.90 Å². The van der Waals surface area contributed by atoms with E-state index in [0.29, 0.717) is 5.56 Å². The molecule has 0 aliphatic carbocycles. The van der Waals surface area contributed by atoms with Gasteiger partial charge >= 0.3 is 10.1 Å². The van der Waals surface area contributed by atoms with Crippen LogP contribution in [0.1, 0.15) is 11.1 Å². The van der Waals surface area contributed by atoms with Gasteiger partial charge in [0.2, 0.25) is 0 Å². The molecule has 0 unspecified atom stereocenters. The van der Waals surface area contributed by atoms with Crippen molar-refractivity contribution in [1.82, 2.24) is 0 Å². The standard InChI is InChI=1S/C14H11NO8S2/c16-15(17)12-9-8-11(7-6-10-4-2-1-3-5-10)13(24(18,19)20)14(12)25(21,22)23/h1-9H,(H,18,19,20)(H,21,22,23). The van der Waals surface area contributed by atoms with Crippen LogP contribution in [-0.2, 0) is 20.2 Å². The molecule has 11 heteroatoms. The van der Waals surface area contributed by atoms with Crippen LogP contribution in [0.4, 0.5) is 5.69 Å². The highest BCUT2D eigenvalue weighted by Gasteiger charge is 2.35. The molecule has 0 amide bonds. The molecule has 0 heterocycles. The fourth-order valence-electron chi connectivity index (χ4n) is 2.11. The number of hydrogen-bond donors (Lipinski definition) is 2. The van der Waals surface area contributed by atoms with Crippen LogP contribution in [0.5, 0.6) is 0 Å². The van der Waals surface area contributed by atoms with E-state index in [-0.39, 0.29) is 5.56 Å². The van der Waals surface area contributed by atoms with E-state index in [1.54, 1.807) is 30.3 Å². The molecule has 2 rings (SSSR count). The molecule has 0 aromatic heterocycles. The van der Waals surface area contributed by atoms with Gasteiger partial charge in [-0.2, -0.15) is 16.8 Å². The van der Waals surface area contributed by atoms with Crippen molar-refractivity contribution in [3.8, 4) is 0 Å². The van der Waals surface area contributed by atoms with Crippen LogP contribution in [0.2, 0.25) is 0 Å². The highest BCUT2D eigenvalue weighted by molar-refractivity contribution is 7.89. The van der Waals surface area contributed by atoms with E-state index in [0.717, 1.165) is 18.2 Å². The van der Waals surface area contributed by atoms with Crippen molar-refractivity contribution in [2.24, 2.45) is 0 Å². The summed E-state index contributed by atoms with van der Waals surface area (Å²) in [5.74, 6) is 0. The Morgan fingerprint density at radius 2 is 1.40 bits per heavy atom. The smallest absolute Gasteiger partial charge is 0.282 e. The molecule has 0 bridgehead atoms. The Hall–Kier alpha value is -2.60. The third-order valence-corrected chi connectivity index (χ3v) is 5.10. The molecule has 0 atom stereocenters. The van der Waals surface area contributed by atoms with Crippen LogP contribution in [0.15, 0.2) is 52.3 Å². The van der Waals surface area contributed by atoms with Crippen LogP contribution in [-0.4, -0.2) is 30.9 Å². The maximum atomic E-state index is 11.6. The molecule has 25 heavy (non-hydrogen) atoms. The lowest BCUT2D eigenvalue weighted by Crippen LogP contribution is -2.13. The van der Waals surface area contributed by atoms with Crippen molar-refractivity contribution in [3.63, 3.8) is 0 Å². The summed E-state index contributed by atoms with van der Waals surface area (Å²) >= 11 is 0. The zero-order valence-corrected chi connectivity index (χ0v) is 13.9. The molecule has 9 nitrogen and oxygen atoms in total. The van der Waals surface area contributed by atoms with Crippen LogP contribution >= 0.6 is 0 Å². The molecule has 0 radical (unpaired) electrons. The van der Waals surface area contributed by atoms with Gasteiger partial charge in [0, 0.05) is 6.07 Å². The Bertz CT molecular complexity index is 1060. The SMILES string of the molecule is O=[N+]([O-])c1ccc(C=Cc2ccccc2)c(S(=O)(=O)O)c1S(=O)(=O)O. The lowest BCUT2D eigenvalue weighted by Gasteiger charge is -2.09. The largest absolute Gasteiger partial charge is 0.302 e. The van der Waals surface area contributed by atoms with Gasteiger partial charge in [0.05, 0.1) is 4.92 Å². The molecule has 0 saturated carbocycles. The fraction of sp³-hybridized carbons (Fsp3) is 0. The van der Waals surface area contributed by atoms with Gasteiger partial charge in [-0.1, -0.05) is 42.5 Å².